The minimum atomic E-state index is -0.0874. The second kappa shape index (κ2) is 6.10. The molecule has 1 N–H and O–H groups in total. The summed E-state index contributed by atoms with van der Waals surface area (Å²) in [4.78, 5) is 14.4. The van der Waals surface area contributed by atoms with Crippen molar-refractivity contribution in [2.24, 2.45) is 0 Å². The average Bonchev–Trinajstić information content (AvgIpc) is 3.14. The second-order valence-corrected chi connectivity index (χ2v) is 5.89. The zero-order chi connectivity index (χ0) is 15.7. The first-order chi connectivity index (χ1) is 10.6. The Morgan fingerprint density at radius 2 is 2.23 bits per heavy atom. The van der Waals surface area contributed by atoms with Gasteiger partial charge in [0.25, 0.3) is 5.91 Å². The van der Waals surface area contributed by atoms with E-state index >= 15 is 0 Å². The van der Waals surface area contributed by atoms with E-state index in [2.05, 4.69) is 5.10 Å². The Labute approximate surface area is 134 Å². The number of carbonyl (C=O) groups is 1. The molecule has 1 aromatic heterocycles. The van der Waals surface area contributed by atoms with Gasteiger partial charge in [0.05, 0.1) is 40.8 Å². The minimum absolute atomic E-state index is 0.00341. The number of aliphatic hydroxyl groups excluding tert-OH is 1. The molecule has 2 heterocycles. The summed E-state index contributed by atoms with van der Waals surface area (Å²) in [6.45, 7) is 2.54. The predicted molar refractivity (Wildman–Crippen MR) is 84.5 cm³/mol. The largest absolute Gasteiger partial charge is 0.394 e. The Morgan fingerprint density at radius 1 is 1.45 bits per heavy atom. The lowest BCUT2D eigenvalue weighted by atomic mass is 10.2. The average molecular weight is 320 g/mol. The number of rotatable bonds is 3. The van der Waals surface area contributed by atoms with Gasteiger partial charge in [-0.3, -0.25) is 4.79 Å². The molecule has 1 saturated heterocycles. The number of halogens is 1. The maximum Gasteiger partial charge on any atom is 0.257 e. The number of amides is 1. The van der Waals surface area contributed by atoms with E-state index in [-0.39, 0.29) is 18.6 Å². The van der Waals surface area contributed by atoms with Crippen LogP contribution in [0.25, 0.3) is 5.69 Å². The van der Waals surface area contributed by atoms with Crippen molar-refractivity contribution in [1.82, 2.24) is 14.7 Å². The van der Waals surface area contributed by atoms with Gasteiger partial charge in [-0.25, -0.2) is 4.68 Å². The van der Waals surface area contributed by atoms with Crippen molar-refractivity contribution >= 4 is 17.5 Å². The highest BCUT2D eigenvalue weighted by Crippen LogP contribution is 2.25. The summed E-state index contributed by atoms with van der Waals surface area (Å²) in [6.07, 6.45) is 3.35. The van der Waals surface area contributed by atoms with E-state index in [0.29, 0.717) is 17.1 Å². The fourth-order valence-electron chi connectivity index (χ4n) is 2.93. The van der Waals surface area contributed by atoms with Crippen LogP contribution in [0.4, 0.5) is 0 Å². The summed E-state index contributed by atoms with van der Waals surface area (Å²) in [6, 6.07) is 7.31. The van der Waals surface area contributed by atoms with Gasteiger partial charge in [-0.1, -0.05) is 23.7 Å². The Balaban J connectivity index is 1.94. The summed E-state index contributed by atoms with van der Waals surface area (Å²) in [5.74, 6) is -0.0765. The van der Waals surface area contributed by atoms with Gasteiger partial charge >= 0.3 is 0 Å². The number of benzene rings is 1. The van der Waals surface area contributed by atoms with E-state index in [1.165, 1.54) is 0 Å². The van der Waals surface area contributed by atoms with Crippen LogP contribution >= 0.6 is 11.6 Å². The van der Waals surface area contributed by atoms with Crippen LogP contribution in [0.1, 0.15) is 28.9 Å². The predicted octanol–water partition coefficient (Wildman–Crippen LogP) is 2.43. The Bertz CT molecular complexity index is 698. The number of aliphatic hydroxyl groups is 1. The van der Waals surface area contributed by atoms with Crippen LogP contribution in [0.5, 0.6) is 0 Å². The van der Waals surface area contributed by atoms with Crippen molar-refractivity contribution < 1.29 is 9.90 Å². The minimum Gasteiger partial charge on any atom is -0.394 e. The topological polar surface area (TPSA) is 58.4 Å². The summed E-state index contributed by atoms with van der Waals surface area (Å²) in [5, 5.41) is 14.3. The highest BCUT2D eigenvalue weighted by atomic mass is 35.5. The highest BCUT2D eigenvalue weighted by molar-refractivity contribution is 6.32. The van der Waals surface area contributed by atoms with Crippen molar-refractivity contribution in [3.05, 3.63) is 46.7 Å². The first kappa shape index (κ1) is 15.1. The number of aromatic nitrogens is 2. The third-order valence-electron chi connectivity index (χ3n) is 4.17. The molecule has 1 atom stereocenters. The fourth-order valence-corrected chi connectivity index (χ4v) is 3.15. The van der Waals surface area contributed by atoms with Crippen LogP contribution in [0.3, 0.4) is 0 Å². The maximum absolute atomic E-state index is 12.7. The van der Waals surface area contributed by atoms with E-state index in [1.807, 2.05) is 25.1 Å². The summed E-state index contributed by atoms with van der Waals surface area (Å²) < 4.78 is 1.68. The Kier molecular flexibility index (Phi) is 4.18. The third kappa shape index (κ3) is 2.51. The number of para-hydroxylation sites is 1. The normalized spacial score (nSPS) is 18.0. The summed E-state index contributed by atoms with van der Waals surface area (Å²) >= 11 is 6.20. The van der Waals surface area contributed by atoms with Crippen molar-refractivity contribution in [2.75, 3.05) is 13.2 Å². The molecule has 116 valence electrons. The van der Waals surface area contributed by atoms with E-state index in [4.69, 9.17) is 11.6 Å². The summed E-state index contributed by atoms with van der Waals surface area (Å²) in [7, 11) is 0. The van der Waals surface area contributed by atoms with Crippen LogP contribution < -0.4 is 0 Å². The van der Waals surface area contributed by atoms with E-state index in [9.17, 15) is 9.90 Å². The van der Waals surface area contributed by atoms with Crippen LogP contribution in [0.2, 0.25) is 5.02 Å². The van der Waals surface area contributed by atoms with Crippen LogP contribution in [0.15, 0.2) is 30.5 Å². The smallest absolute Gasteiger partial charge is 0.257 e. The molecule has 0 radical (unpaired) electrons. The molecule has 1 aromatic carbocycles. The van der Waals surface area contributed by atoms with Crippen LogP contribution in [0, 0.1) is 6.92 Å². The van der Waals surface area contributed by atoms with Gasteiger partial charge in [0.15, 0.2) is 0 Å². The zero-order valence-electron chi connectivity index (χ0n) is 12.4. The van der Waals surface area contributed by atoms with Crippen molar-refractivity contribution in [1.29, 1.82) is 0 Å². The molecular weight excluding hydrogens is 302 g/mol. The number of likely N-dealkylation sites (tertiary alicyclic amines) is 1. The van der Waals surface area contributed by atoms with Crippen molar-refractivity contribution in [2.45, 2.75) is 25.8 Å². The van der Waals surface area contributed by atoms with Gasteiger partial charge in [0.1, 0.15) is 0 Å². The first-order valence-electron chi connectivity index (χ1n) is 7.35. The standard InChI is InChI=1S/C16H18ClN3O2/c1-11-13(16(22)19-8-4-5-12(19)10-21)9-18-20(11)15-7-3-2-6-14(15)17/h2-3,6-7,9,12,21H,4-5,8,10H2,1H3/t12-/m1/s1. The van der Waals surface area contributed by atoms with Gasteiger partial charge in [-0.05, 0) is 31.9 Å². The fraction of sp³-hybridized carbons (Fsp3) is 0.375. The number of nitrogens with zero attached hydrogens (tertiary/aromatic N) is 3. The monoisotopic (exact) mass is 319 g/mol. The highest BCUT2D eigenvalue weighted by Gasteiger charge is 2.30. The number of hydrogen-bond acceptors (Lipinski definition) is 3. The lowest BCUT2D eigenvalue weighted by molar-refractivity contribution is 0.0677. The maximum atomic E-state index is 12.7. The molecule has 6 heteroatoms. The van der Waals surface area contributed by atoms with Crippen molar-refractivity contribution in [3.8, 4) is 5.69 Å². The number of hydrogen-bond donors (Lipinski definition) is 1. The van der Waals surface area contributed by atoms with E-state index in [1.54, 1.807) is 21.8 Å². The molecule has 1 aliphatic heterocycles. The Hall–Kier alpha value is -1.85. The van der Waals surface area contributed by atoms with Crippen molar-refractivity contribution in [3.63, 3.8) is 0 Å². The van der Waals surface area contributed by atoms with E-state index < -0.39 is 0 Å². The van der Waals surface area contributed by atoms with Gasteiger partial charge in [0.2, 0.25) is 0 Å². The van der Waals surface area contributed by atoms with E-state index in [0.717, 1.165) is 24.2 Å². The molecule has 0 saturated carbocycles. The lowest BCUT2D eigenvalue weighted by Crippen LogP contribution is -2.37. The molecule has 1 amide bonds. The van der Waals surface area contributed by atoms with Gasteiger partial charge in [0, 0.05) is 6.54 Å². The molecule has 22 heavy (non-hydrogen) atoms. The molecule has 5 nitrogen and oxygen atoms in total. The third-order valence-corrected chi connectivity index (χ3v) is 4.49. The zero-order valence-corrected chi connectivity index (χ0v) is 13.1. The molecular formula is C16H18ClN3O2. The SMILES string of the molecule is Cc1c(C(=O)N2CCC[C@@H]2CO)cnn1-c1ccccc1Cl. The molecule has 0 unspecified atom stereocenters. The van der Waals surface area contributed by atoms with Gasteiger partial charge < -0.3 is 10.0 Å². The molecule has 1 aliphatic rings. The lowest BCUT2D eigenvalue weighted by Gasteiger charge is -2.22. The molecule has 0 aliphatic carbocycles. The molecule has 0 spiro atoms. The molecule has 1 fully saturated rings. The van der Waals surface area contributed by atoms with Gasteiger partial charge in [-0.2, -0.15) is 5.10 Å². The summed E-state index contributed by atoms with van der Waals surface area (Å²) in [5.41, 5.74) is 2.06. The molecule has 0 bridgehead atoms. The second-order valence-electron chi connectivity index (χ2n) is 5.48. The van der Waals surface area contributed by atoms with Crippen LogP contribution in [-0.2, 0) is 0 Å². The molecule has 2 aromatic rings. The van der Waals surface area contributed by atoms with Crippen LogP contribution in [-0.4, -0.2) is 44.9 Å². The van der Waals surface area contributed by atoms with Gasteiger partial charge in [-0.15, -0.1) is 0 Å². The molecule has 3 rings (SSSR count). The Morgan fingerprint density at radius 3 is 2.95 bits per heavy atom. The first-order valence-corrected chi connectivity index (χ1v) is 7.72. The number of carbonyl (C=O) groups excluding carboxylic acids is 1. The quantitative estimate of drug-likeness (QED) is 0.945.